The highest BCUT2D eigenvalue weighted by Crippen LogP contribution is 2.48. The highest BCUT2D eigenvalue weighted by molar-refractivity contribution is 7.22. The van der Waals surface area contributed by atoms with Crippen molar-refractivity contribution >= 4 is 35.4 Å². The zero-order valence-electron chi connectivity index (χ0n) is 18.1. The van der Waals surface area contributed by atoms with E-state index in [0.29, 0.717) is 0 Å². The minimum atomic E-state index is -1.02. The predicted molar refractivity (Wildman–Crippen MR) is 121 cm³/mol. The summed E-state index contributed by atoms with van der Waals surface area (Å²) < 4.78 is 24.9. The quantitative estimate of drug-likeness (QED) is 0.524. The second kappa shape index (κ2) is 6.43. The number of thiophene rings is 2. The van der Waals surface area contributed by atoms with Crippen molar-refractivity contribution in [1.82, 2.24) is 0 Å². The summed E-state index contributed by atoms with van der Waals surface area (Å²) in [7, 11) is 0. The van der Waals surface area contributed by atoms with E-state index in [-0.39, 0.29) is 23.6 Å². The summed E-state index contributed by atoms with van der Waals surface area (Å²) >= 11 is 3.47. The van der Waals surface area contributed by atoms with Gasteiger partial charge in [-0.05, 0) is 35.3 Å². The van der Waals surface area contributed by atoms with Crippen molar-refractivity contribution in [2.45, 2.75) is 78.6 Å². The van der Waals surface area contributed by atoms with Crippen LogP contribution >= 0.6 is 22.7 Å². The van der Waals surface area contributed by atoms with Crippen molar-refractivity contribution in [1.29, 1.82) is 0 Å². The van der Waals surface area contributed by atoms with Crippen LogP contribution in [-0.4, -0.2) is 23.7 Å². The summed E-state index contributed by atoms with van der Waals surface area (Å²) in [5.74, 6) is 0. The highest BCUT2D eigenvalue weighted by atomic mass is 32.1. The van der Waals surface area contributed by atoms with Crippen LogP contribution in [0, 0.1) is 0 Å². The van der Waals surface area contributed by atoms with Crippen LogP contribution in [0.4, 0.5) is 0 Å². The standard InChI is InChI=1S/C20H30B2O4S2/c1-19(2)21(5,6)25-17(23-19)15-11-9-13(27-15)14-10-12-16(28-14)18-24-20(3,4)22(7,8)26-18/h9-12,17-18H,1-8H3/q-2. The van der Waals surface area contributed by atoms with Gasteiger partial charge in [-0.15, -0.1) is 22.7 Å². The molecular weight excluding hydrogens is 390 g/mol. The van der Waals surface area contributed by atoms with Gasteiger partial charge in [-0.3, -0.25) is 0 Å². The maximum atomic E-state index is 6.25. The number of ether oxygens (including phenoxy) is 2. The van der Waals surface area contributed by atoms with Gasteiger partial charge in [-0.1, -0.05) is 27.7 Å². The molecule has 0 aliphatic carbocycles. The predicted octanol–water partition coefficient (Wildman–Crippen LogP) is 6.61. The average Bonchev–Trinajstić information content (AvgIpc) is 3.27. The molecule has 4 rings (SSSR count). The molecule has 0 N–H and O–H groups in total. The Hall–Kier alpha value is -0.630. The molecule has 2 unspecified atom stereocenters. The molecular formula is C20H30B2O4S2-2. The summed E-state index contributed by atoms with van der Waals surface area (Å²) in [6, 6.07) is 8.55. The molecule has 0 aromatic carbocycles. The van der Waals surface area contributed by atoms with Gasteiger partial charge in [0.05, 0.1) is 9.75 Å². The average molecular weight is 420 g/mol. The Labute approximate surface area is 176 Å². The molecule has 2 fully saturated rings. The van der Waals surface area contributed by atoms with E-state index < -0.39 is 12.7 Å². The number of hydrogen-bond acceptors (Lipinski definition) is 6. The molecule has 2 atom stereocenters. The van der Waals surface area contributed by atoms with Crippen LogP contribution in [0.25, 0.3) is 9.75 Å². The zero-order valence-corrected chi connectivity index (χ0v) is 19.7. The third-order valence-corrected chi connectivity index (χ3v) is 9.47. The molecule has 28 heavy (non-hydrogen) atoms. The van der Waals surface area contributed by atoms with Crippen molar-refractivity contribution < 1.29 is 18.8 Å². The van der Waals surface area contributed by atoms with Gasteiger partial charge in [0.2, 0.25) is 0 Å². The lowest BCUT2D eigenvalue weighted by molar-refractivity contribution is -0.0770. The molecule has 2 aromatic rings. The summed E-state index contributed by atoms with van der Waals surface area (Å²) in [6.07, 6.45) is -2.60. The first-order valence-corrected chi connectivity index (χ1v) is 11.8. The fourth-order valence-electron chi connectivity index (χ4n) is 3.35. The van der Waals surface area contributed by atoms with E-state index >= 15 is 0 Å². The minimum Gasteiger partial charge on any atom is -0.562 e. The Morgan fingerprint density at radius 1 is 0.679 bits per heavy atom. The fourth-order valence-corrected chi connectivity index (χ4v) is 5.39. The molecule has 8 heteroatoms. The van der Waals surface area contributed by atoms with Crippen LogP contribution in [0.5, 0.6) is 0 Å². The van der Waals surface area contributed by atoms with Crippen LogP contribution < -0.4 is 0 Å². The molecule has 0 spiro atoms. The van der Waals surface area contributed by atoms with Crippen molar-refractivity contribution in [2.24, 2.45) is 0 Å². The molecule has 154 valence electrons. The Morgan fingerprint density at radius 3 is 1.32 bits per heavy atom. The topological polar surface area (TPSA) is 36.9 Å². The van der Waals surface area contributed by atoms with Gasteiger partial charge >= 0.3 is 0 Å². The molecule has 0 radical (unpaired) electrons. The fraction of sp³-hybridized carbons (Fsp3) is 0.600. The lowest BCUT2D eigenvalue weighted by Crippen LogP contribution is -2.47. The second-order valence-electron chi connectivity index (χ2n) is 10.3. The van der Waals surface area contributed by atoms with Crippen molar-refractivity contribution in [3.05, 3.63) is 34.0 Å². The summed E-state index contributed by atoms with van der Waals surface area (Å²) in [5, 5.41) is 0. The first kappa shape index (κ1) is 20.6. The smallest absolute Gasteiger partial charge is 0.149 e. The SMILES string of the molecule is C[B-]1(C)OC(c2ccc(-c3ccc(C4O[B-](C)(C)C(C)(C)O4)s3)s2)OC1(C)C. The van der Waals surface area contributed by atoms with E-state index in [4.69, 9.17) is 18.8 Å². The van der Waals surface area contributed by atoms with Crippen molar-refractivity contribution in [3.8, 4) is 9.75 Å². The largest absolute Gasteiger partial charge is 0.562 e. The van der Waals surface area contributed by atoms with E-state index in [9.17, 15) is 0 Å². The van der Waals surface area contributed by atoms with E-state index in [0.717, 1.165) is 9.75 Å². The van der Waals surface area contributed by atoms with Crippen LogP contribution in [0.15, 0.2) is 24.3 Å². The first-order valence-electron chi connectivity index (χ1n) is 10.2. The van der Waals surface area contributed by atoms with Gasteiger partial charge in [0.1, 0.15) is 25.3 Å². The lowest BCUT2D eigenvalue weighted by atomic mass is 9.34. The third-order valence-electron chi connectivity index (χ3n) is 7.06. The van der Waals surface area contributed by atoms with Gasteiger partial charge in [0.25, 0.3) is 0 Å². The summed E-state index contributed by atoms with van der Waals surface area (Å²) in [4.78, 5) is 4.67. The van der Waals surface area contributed by atoms with Crippen LogP contribution in [0.3, 0.4) is 0 Å². The Bertz CT molecular complexity index is 780. The maximum Gasteiger partial charge on any atom is 0.149 e. The zero-order chi connectivity index (χ0) is 20.5. The molecule has 2 saturated heterocycles. The molecule has 2 aromatic heterocycles. The first-order chi connectivity index (χ1) is 12.8. The molecule has 0 amide bonds. The van der Waals surface area contributed by atoms with Crippen LogP contribution in [-0.2, 0) is 18.8 Å². The van der Waals surface area contributed by atoms with Gasteiger partial charge in [0, 0.05) is 9.75 Å². The molecule has 4 nitrogen and oxygen atoms in total. The van der Waals surface area contributed by atoms with Gasteiger partial charge in [0.15, 0.2) is 0 Å². The Kier molecular flexibility index (Phi) is 4.74. The second-order valence-corrected chi connectivity index (χ2v) is 12.5. The third kappa shape index (κ3) is 3.32. The van der Waals surface area contributed by atoms with Crippen LogP contribution in [0.2, 0.25) is 27.3 Å². The van der Waals surface area contributed by atoms with E-state index in [1.54, 1.807) is 22.7 Å². The van der Waals surface area contributed by atoms with Crippen LogP contribution in [0.1, 0.15) is 50.0 Å². The Morgan fingerprint density at radius 2 is 1.04 bits per heavy atom. The van der Waals surface area contributed by atoms with E-state index in [1.165, 1.54) is 9.75 Å². The molecule has 2 aliphatic rings. The summed E-state index contributed by atoms with van der Waals surface area (Å²) in [6.45, 7) is 17.0. The molecule has 0 saturated carbocycles. The molecule has 2 aliphatic heterocycles. The van der Waals surface area contributed by atoms with Gasteiger partial charge in [-0.25, -0.2) is 0 Å². The van der Waals surface area contributed by atoms with E-state index in [2.05, 4.69) is 79.3 Å². The molecule has 4 heterocycles. The van der Waals surface area contributed by atoms with Crippen molar-refractivity contribution in [3.63, 3.8) is 0 Å². The summed E-state index contributed by atoms with van der Waals surface area (Å²) in [5.41, 5.74) is -0.521. The highest BCUT2D eigenvalue weighted by Gasteiger charge is 2.45. The maximum absolute atomic E-state index is 6.25. The Balaban J connectivity index is 1.52. The minimum absolute atomic E-state index is 0.260. The van der Waals surface area contributed by atoms with E-state index in [1.807, 2.05) is 0 Å². The molecule has 0 bridgehead atoms. The van der Waals surface area contributed by atoms with Gasteiger partial charge in [-0.2, -0.15) is 27.3 Å². The normalized spacial score (nSPS) is 30.0. The van der Waals surface area contributed by atoms with Crippen molar-refractivity contribution in [2.75, 3.05) is 0 Å². The van der Waals surface area contributed by atoms with Gasteiger partial charge < -0.3 is 18.8 Å². The monoisotopic (exact) mass is 420 g/mol. The lowest BCUT2D eigenvalue weighted by Gasteiger charge is -2.36. The number of hydrogen-bond donors (Lipinski definition) is 0. The number of rotatable bonds is 3.